The van der Waals surface area contributed by atoms with E-state index in [-0.39, 0.29) is 5.54 Å². The van der Waals surface area contributed by atoms with Gasteiger partial charge in [0.1, 0.15) is 0 Å². The first-order valence-corrected chi connectivity index (χ1v) is 7.18. The Labute approximate surface area is 118 Å². The van der Waals surface area contributed by atoms with Crippen LogP contribution in [0.25, 0.3) is 11.1 Å². The Balaban J connectivity index is 1.60. The highest BCUT2D eigenvalue weighted by molar-refractivity contribution is 5.63. The maximum Gasteiger partial charge on any atom is 0.0899 e. The van der Waals surface area contributed by atoms with Gasteiger partial charge in [0.05, 0.1) is 16.8 Å². The molecule has 0 aliphatic heterocycles. The van der Waals surface area contributed by atoms with Crippen molar-refractivity contribution >= 4 is 0 Å². The fourth-order valence-corrected chi connectivity index (χ4v) is 2.63. The number of nitrogens with two attached hydrogens (primary N) is 1. The van der Waals surface area contributed by atoms with Crippen LogP contribution in [0.3, 0.4) is 0 Å². The van der Waals surface area contributed by atoms with Gasteiger partial charge in [-0.25, -0.2) is 0 Å². The normalized spacial score (nSPS) is 21.5. The second-order valence-corrected chi connectivity index (χ2v) is 6.20. The van der Waals surface area contributed by atoms with Crippen LogP contribution in [0, 0.1) is 0 Å². The molecule has 102 valence electrons. The standard InChI is InChI=1S/C17H18N2O/c18-16(7-8-16)15-6-3-13(11-19-15)12-1-4-14(5-2-12)17(20)9-10-17/h1-6,11,20H,7-10,18H2. The van der Waals surface area contributed by atoms with Gasteiger partial charge in [-0.15, -0.1) is 0 Å². The molecule has 0 unspecified atom stereocenters. The lowest BCUT2D eigenvalue weighted by Crippen LogP contribution is -2.19. The number of rotatable bonds is 3. The Kier molecular flexibility index (Phi) is 2.35. The van der Waals surface area contributed by atoms with E-state index >= 15 is 0 Å². The largest absolute Gasteiger partial charge is 0.385 e. The summed E-state index contributed by atoms with van der Waals surface area (Å²) >= 11 is 0. The maximum absolute atomic E-state index is 10.1. The summed E-state index contributed by atoms with van der Waals surface area (Å²) in [7, 11) is 0. The van der Waals surface area contributed by atoms with E-state index in [1.165, 1.54) is 0 Å². The number of hydrogen-bond donors (Lipinski definition) is 2. The summed E-state index contributed by atoms with van der Waals surface area (Å²) in [5.41, 5.74) is 9.64. The van der Waals surface area contributed by atoms with Crippen LogP contribution in [0.1, 0.15) is 36.9 Å². The molecule has 0 radical (unpaired) electrons. The highest BCUT2D eigenvalue weighted by Crippen LogP contribution is 2.45. The summed E-state index contributed by atoms with van der Waals surface area (Å²) in [6, 6.07) is 12.2. The highest BCUT2D eigenvalue weighted by atomic mass is 16.3. The predicted molar refractivity (Wildman–Crippen MR) is 77.9 cm³/mol. The summed E-state index contributed by atoms with van der Waals surface area (Å²) in [6.07, 6.45) is 5.71. The molecule has 1 aromatic carbocycles. The molecule has 3 heteroatoms. The lowest BCUT2D eigenvalue weighted by atomic mass is 10.0. The van der Waals surface area contributed by atoms with Crippen LogP contribution in [0.4, 0.5) is 0 Å². The average Bonchev–Trinajstić information content (AvgIpc) is 3.40. The molecule has 2 aliphatic rings. The molecule has 3 nitrogen and oxygen atoms in total. The predicted octanol–water partition coefficient (Wildman–Crippen LogP) is 2.68. The van der Waals surface area contributed by atoms with Crippen molar-refractivity contribution < 1.29 is 5.11 Å². The summed E-state index contributed by atoms with van der Waals surface area (Å²) in [4.78, 5) is 4.50. The molecule has 0 atom stereocenters. The van der Waals surface area contributed by atoms with Crippen molar-refractivity contribution in [1.29, 1.82) is 0 Å². The fourth-order valence-electron chi connectivity index (χ4n) is 2.63. The fraction of sp³-hybridized carbons (Fsp3) is 0.353. The first kappa shape index (κ1) is 12.1. The molecular weight excluding hydrogens is 248 g/mol. The molecule has 1 aromatic heterocycles. The third kappa shape index (κ3) is 1.94. The molecule has 3 N–H and O–H groups in total. The van der Waals surface area contributed by atoms with Crippen molar-refractivity contribution in [1.82, 2.24) is 4.98 Å². The second-order valence-electron chi connectivity index (χ2n) is 6.20. The molecule has 20 heavy (non-hydrogen) atoms. The van der Waals surface area contributed by atoms with Crippen LogP contribution in [-0.2, 0) is 11.1 Å². The third-order valence-corrected chi connectivity index (χ3v) is 4.54. The van der Waals surface area contributed by atoms with E-state index in [4.69, 9.17) is 5.73 Å². The maximum atomic E-state index is 10.1. The van der Waals surface area contributed by atoms with Gasteiger partial charge in [0.15, 0.2) is 0 Å². The molecule has 2 aromatic rings. The van der Waals surface area contributed by atoms with Gasteiger partial charge in [0, 0.05) is 11.8 Å². The van der Waals surface area contributed by atoms with Gasteiger partial charge in [-0.2, -0.15) is 0 Å². The van der Waals surface area contributed by atoms with Gasteiger partial charge in [-0.3, -0.25) is 4.98 Å². The summed E-state index contributed by atoms with van der Waals surface area (Å²) in [5.74, 6) is 0. The van der Waals surface area contributed by atoms with Gasteiger partial charge in [-0.05, 0) is 42.9 Å². The quantitative estimate of drug-likeness (QED) is 0.898. The van der Waals surface area contributed by atoms with E-state index in [0.29, 0.717) is 0 Å². The first-order chi connectivity index (χ1) is 9.59. The lowest BCUT2D eigenvalue weighted by molar-refractivity contribution is 0.151. The lowest BCUT2D eigenvalue weighted by Gasteiger charge is -2.10. The summed E-state index contributed by atoms with van der Waals surface area (Å²) < 4.78 is 0. The minimum Gasteiger partial charge on any atom is -0.385 e. The minimum absolute atomic E-state index is 0.169. The van der Waals surface area contributed by atoms with Gasteiger partial charge in [0.2, 0.25) is 0 Å². The van der Waals surface area contributed by atoms with E-state index in [2.05, 4.69) is 23.2 Å². The zero-order valence-electron chi connectivity index (χ0n) is 11.3. The van der Waals surface area contributed by atoms with E-state index in [1.54, 1.807) is 0 Å². The molecule has 0 spiro atoms. The van der Waals surface area contributed by atoms with Crippen LogP contribution < -0.4 is 5.73 Å². The first-order valence-electron chi connectivity index (χ1n) is 7.18. The number of pyridine rings is 1. The number of aromatic nitrogens is 1. The van der Waals surface area contributed by atoms with Crippen molar-refractivity contribution in [2.45, 2.75) is 36.8 Å². The van der Waals surface area contributed by atoms with E-state index in [0.717, 1.165) is 48.1 Å². The van der Waals surface area contributed by atoms with Gasteiger partial charge in [0.25, 0.3) is 0 Å². The summed E-state index contributed by atoms with van der Waals surface area (Å²) in [6.45, 7) is 0. The van der Waals surface area contributed by atoms with E-state index in [9.17, 15) is 5.11 Å². The molecule has 2 aliphatic carbocycles. The molecule has 2 fully saturated rings. The molecule has 0 bridgehead atoms. The number of aliphatic hydroxyl groups is 1. The smallest absolute Gasteiger partial charge is 0.0899 e. The Bertz CT molecular complexity index is 578. The van der Waals surface area contributed by atoms with E-state index < -0.39 is 5.60 Å². The highest BCUT2D eigenvalue weighted by Gasteiger charge is 2.42. The van der Waals surface area contributed by atoms with Gasteiger partial charge < -0.3 is 10.8 Å². The molecule has 2 saturated carbocycles. The van der Waals surface area contributed by atoms with Crippen molar-refractivity contribution in [3.05, 3.63) is 53.9 Å². The van der Waals surface area contributed by atoms with Crippen molar-refractivity contribution in [2.75, 3.05) is 0 Å². The zero-order chi connectivity index (χ0) is 13.8. The monoisotopic (exact) mass is 266 g/mol. The third-order valence-electron chi connectivity index (χ3n) is 4.54. The van der Waals surface area contributed by atoms with Crippen LogP contribution in [0.15, 0.2) is 42.6 Å². The second kappa shape index (κ2) is 3.90. The SMILES string of the molecule is NC1(c2ccc(-c3ccc(C4(O)CC4)cc3)cn2)CC1. The van der Waals surface area contributed by atoms with Crippen LogP contribution in [-0.4, -0.2) is 10.1 Å². The topological polar surface area (TPSA) is 59.1 Å². The Morgan fingerprint density at radius 2 is 1.55 bits per heavy atom. The molecule has 4 rings (SSSR count). The minimum atomic E-state index is -0.557. The number of hydrogen-bond acceptors (Lipinski definition) is 3. The molecule has 0 amide bonds. The van der Waals surface area contributed by atoms with Crippen LogP contribution >= 0.6 is 0 Å². The molecular formula is C17H18N2O. The van der Waals surface area contributed by atoms with Gasteiger partial charge in [-0.1, -0.05) is 30.3 Å². The summed E-state index contributed by atoms with van der Waals surface area (Å²) in [5, 5.41) is 10.1. The van der Waals surface area contributed by atoms with Crippen molar-refractivity contribution in [3.8, 4) is 11.1 Å². The Morgan fingerprint density at radius 3 is 2.05 bits per heavy atom. The number of benzene rings is 1. The van der Waals surface area contributed by atoms with Crippen LogP contribution in [0.2, 0.25) is 0 Å². The molecule has 0 saturated heterocycles. The van der Waals surface area contributed by atoms with E-state index in [1.807, 2.05) is 24.4 Å². The van der Waals surface area contributed by atoms with Crippen LogP contribution in [0.5, 0.6) is 0 Å². The Morgan fingerprint density at radius 1 is 0.900 bits per heavy atom. The Hall–Kier alpha value is -1.71. The van der Waals surface area contributed by atoms with Crippen molar-refractivity contribution in [2.24, 2.45) is 5.73 Å². The van der Waals surface area contributed by atoms with Gasteiger partial charge >= 0.3 is 0 Å². The number of nitrogens with zero attached hydrogens (tertiary/aromatic N) is 1. The average molecular weight is 266 g/mol. The van der Waals surface area contributed by atoms with Crippen molar-refractivity contribution in [3.63, 3.8) is 0 Å². The zero-order valence-corrected chi connectivity index (χ0v) is 11.3. The molecule has 1 heterocycles.